The normalized spacial score (nSPS) is 9.57. The molecule has 1 aromatic rings. The minimum atomic E-state index is -0.697. The Morgan fingerprint density at radius 3 is 3.00 bits per heavy atom. The Labute approximate surface area is 80.9 Å². The van der Waals surface area contributed by atoms with Gasteiger partial charge in [0.2, 0.25) is 0 Å². The van der Waals surface area contributed by atoms with Crippen LogP contribution in [0.1, 0.15) is 6.92 Å². The Morgan fingerprint density at radius 2 is 2.36 bits per heavy atom. The molecule has 0 bridgehead atoms. The van der Waals surface area contributed by atoms with Crippen LogP contribution in [-0.4, -0.2) is 12.7 Å². The highest BCUT2D eigenvalue weighted by atomic mass is 19.1. The monoisotopic (exact) mass is 198 g/mol. The molecule has 0 atom stereocenters. The standard InChI is InChI=1S/C9H11FN2O2/c1-2-14-9(13)12-8-5-6(11)3-4-7(8)10/h3-5H,2,11H2,1H3,(H,12,13). The molecule has 14 heavy (non-hydrogen) atoms. The van der Waals surface area contributed by atoms with E-state index in [-0.39, 0.29) is 12.3 Å². The highest BCUT2D eigenvalue weighted by molar-refractivity contribution is 5.85. The Kier molecular flexibility index (Phi) is 3.28. The van der Waals surface area contributed by atoms with Gasteiger partial charge in [-0.25, -0.2) is 9.18 Å². The van der Waals surface area contributed by atoms with Gasteiger partial charge in [-0.15, -0.1) is 0 Å². The first-order valence-corrected chi connectivity index (χ1v) is 4.12. The first-order valence-electron chi connectivity index (χ1n) is 4.12. The van der Waals surface area contributed by atoms with Gasteiger partial charge < -0.3 is 10.5 Å². The Balaban J connectivity index is 2.75. The van der Waals surface area contributed by atoms with E-state index in [0.29, 0.717) is 5.69 Å². The summed E-state index contributed by atoms with van der Waals surface area (Å²) >= 11 is 0. The van der Waals surface area contributed by atoms with E-state index in [0.717, 1.165) is 0 Å². The summed E-state index contributed by atoms with van der Waals surface area (Å²) in [5, 5.41) is 2.24. The number of hydrogen-bond donors (Lipinski definition) is 2. The van der Waals surface area contributed by atoms with E-state index in [1.54, 1.807) is 6.92 Å². The van der Waals surface area contributed by atoms with E-state index in [1.165, 1.54) is 18.2 Å². The lowest BCUT2D eigenvalue weighted by molar-refractivity contribution is 0.168. The number of ether oxygens (including phenoxy) is 1. The van der Waals surface area contributed by atoms with Crippen molar-refractivity contribution in [2.45, 2.75) is 6.92 Å². The molecular formula is C9H11FN2O2. The largest absolute Gasteiger partial charge is 0.450 e. The van der Waals surface area contributed by atoms with Crippen LogP contribution in [0, 0.1) is 5.82 Å². The van der Waals surface area contributed by atoms with Crippen LogP contribution in [0.15, 0.2) is 18.2 Å². The average molecular weight is 198 g/mol. The van der Waals surface area contributed by atoms with Gasteiger partial charge in [-0.05, 0) is 25.1 Å². The van der Waals surface area contributed by atoms with E-state index in [4.69, 9.17) is 5.73 Å². The third-order valence-corrected chi connectivity index (χ3v) is 1.50. The van der Waals surface area contributed by atoms with Crippen LogP contribution in [0.5, 0.6) is 0 Å². The molecule has 4 nitrogen and oxygen atoms in total. The third kappa shape index (κ3) is 2.62. The van der Waals surface area contributed by atoms with Crippen molar-refractivity contribution in [3.8, 4) is 0 Å². The fourth-order valence-corrected chi connectivity index (χ4v) is 0.916. The van der Waals surface area contributed by atoms with Crippen LogP contribution >= 0.6 is 0 Å². The molecule has 1 amide bonds. The molecule has 0 aliphatic heterocycles. The molecule has 0 radical (unpaired) electrons. The molecule has 76 valence electrons. The number of carbonyl (C=O) groups is 1. The van der Waals surface area contributed by atoms with E-state index in [1.807, 2.05) is 0 Å². The van der Waals surface area contributed by atoms with Gasteiger partial charge in [0.05, 0.1) is 12.3 Å². The van der Waals surface area contributed by atoms with Crippen LogP contribution in [0.3, 0.4) is 0 Å². The molecule has 3 N–H and O–H groups in total. The van der Waals surface area contributed by atoms with Crippen LogP contribution < -0.4 is 11.1 Å². The van der Waals surface area contributed by atoms with E-state index in [9.17, 15) is 9.18 Å². The molecule has 0 fully saturated rings. The average Bonchev–Trinajstić information content (AvgIpc) is 2.12. The second-order valence-corrected chi connectivity index (χ2v) is 2.58. The number of halogens is 1. The number of anilines is 2. The predicted octanol–water partition coefficient (Wildman–Crippen LogP) is 1.98. The summed E-state index contributed by atoms with van der Waals surface area (Å²) in [6, 6.07) is 3.91. The van der Waals surface area contributed by atoms with Gasteiger partial charge in [0.25, 0.3) is 0 Å². The van der Waals surface area contributed by atoms with Gasteiger partial charge in [0.15, 0.2) is 0 Å². The van der Waals surface area contributed by atoms with Gasteiger partial charge >= 0.3 is 6.09 Å². The molecule has 0 spiro atoms. The van der Waals surface area contributed by atoms with Crippen molar-refractivity contribution in [3.63, 3.8) is 0 Å². The number of hydrogen-bond acceptors (Lipinski definition) is 3. The summed E-state index contributed by atoms with van der Waals surface area (Å²) in [4.78, 5) is 10.9. The zero-order chi connectivity index (χ0) is 10.6. The lowest BCUT2D eigenvalue weighted by Crippen LogP contribution is -2.14. The summed E-state index contributed by atoms with van der Waals surface area (Å²) in [5.41, 5.74) is 5.81. The quantitative estimate of drug-likeness (QED) is 0.714. The smallest absolute Gasteiger partial charge is 0.411 e. The minimum absolute atomic E-state index is 0.0171. The molecule has 1 aromatic carbocycles. The maximum Gasteiger partial charge on any atom is 0.411 e. The Hall–Kier alpha value is -1.78. The molecule has 0 aliphatic rings. The number of nitrogen functional groups attached to an aromatic ring is 1. The SMILES string of the molecule is CCOC(=O)Nc1cc(N)ccc1F. The Morgan fingerprint density at radius 1 is 1.64 bits per heavy atom. The Bertz CT molecular complexity index is 342. The van der Waals surface area contributed by atoms with Crippen LogP contribution in [-0.2, 0) is 4.74 Å². The summed E-state index contributed by atoms with van der Waals surface area (Å²) < 4.78 is 17.6. The fourth-order valence-electron chi connectivity index (χ4n) is 0.916. The van der Waals surface area contributed by atoms with Crippen molar-refractivity contribution in [3.05, 3.63) is 24.0 Å². The van der Waals surface area contributed by atoms with Crippen LogP contribution in [0.2, 0.25) is 0 Å². The van der Waals surface area contributed by atoms with Gasteiger partial charge in [-0.2, -0.15) is 0 Å². The summed E-state index contributed by atoms with van der Waals surface area (Å²) in [6.45, 7) is 1.89. The molecule has 0 heterocycles. The summed E-state index contributed by atoms with van der Waals surface area (Å²) in [6.07, 6.45) is -0.697. The summed E-state index contributed by atoms with van der Waals surface area (Å²) in [5.74, 6) is -0.549. The molecule has 0 saturated carbocycles. The predicted molar refractivity (Wildman–Crippen MR) is 51.5 cm³/mol. The van der Waals surface area contributed by atoms with E-state index >= 15 is 0 Å². The number of benzene rings is 1. The molecular weight excluding hydrogens is 187 g/mol. The van der Waals surface area contributed by atoms with Crippen LogP contribution in [0.4, 0.5) is 20.6 Å². The van der Waals surface area contributed by atoms with Gasteiger partial charge in [-0.1, -0.05) is 0 Å². The molecule has 0 aromatic heterocycles. The van der Waals surface area contributed by atoms with Crippen molar-refractivity contribution in [1.29, 1.82) is 0 Å². The number of rotatable bonds is 2. The van der Waals surface area contributed by atoms with E-state index < -0.39 is 11.9 Å². The maximum atomic E-state index is 13.0. The van der Waals surface area contributed by atoms with Gasteiger partial charge in [0, 0.05) is 5.69 Å². The molecule has 0 unspecified atom stereocenters. The number of nitrogens with one attached hydrogen (secondary N) is 1. The summed E-state index contributed by atoms with van der Waals surface area (Å²) in [7, 11) is 0. The highest BCUT2D eigenvalue weighted by Gasteiger charge is 2.06. The third-order valence-electron chi connectivity index (χ3n) is 1.50. The van der Waals surface area contributed by atoms with Crippen molar-refractivity contribution >= 4 is 17.5 Å². The number of carbonyl (C=O) groups excluding carboxylic acids is 1. The van der Waals surface area contributed by atoms with Crippen molar-refractivity contribution in [2.24, 2.45) is 0 Å². The zero-order valence-electron chi connectivity index (χ0n) is 7.71. The topological polar surface area (TPSA) is 64.3 Å². The molecule has 0 aliphatic carbocycles. The van der Waals surface area contributed by atoms with Gasteiger partial charge in [-0.3, -0.25) is 5.32 Å². The van der Waals surface area contributed by atoms with Crippen molar-refractivity contribution in [2.75, 3.05) is 17.7 Å². The number of amides is 1. The molecule has 5 heteroatoms. The van der Waals surface area contributed by atoms with Crippen molar-refractivity contribution < 1.29 is 13.9 Å². The second-order valence-electron chi connectivity index (χ2n) is 2.58. The van der Waals surface area contributed by atoms with Crippen LogP contribution in [0.25, 0.3) is 0 Å². The van der Waals surface area contributed by atoms with Crippen molar-refractivity contribution in [1.82, 2.24) is 0 Å². The first-order chi connectivity index (χ1) is 6.63. The van der Waals surface area contributed by atoms with E-state index in [2.05, 4.69) is 10.1 Å². The maximum absolute atomic E-state index is 13.0. The second kappa shape index (κ2) is 4.45. The molecule has 0 saturated heterocycles. The fraction of sp³-hybridized carbons (Fsp3) is 0.222. The number of nitrogens with two attached hydrogens (primary N) is 1. The lowest BCUT2D eigenvalue weighted by Gasteiger charge is -2.06. The molecule has 1 rings (SSSR count). The lowest BCUT2D eigenvalue weighted by atomic mass is 10.3. The minimum Gasteiger partial charge on any atom is -0.450 e. The van der Waals surface area contributed by atoms with Gasteiger partial charge in [0.1, 0.15) is 5.82 Å². The first kappa shape index (κ1) is 10.3. The highest BCUT2D eigenvalue weighted by Crippen LogP contribution is 2.17. The zero-order valence-corrected chi connectivity index (χ0v) is 7.71.